The maximum absolute atomic E-state index is 12.8. The Hall–Kier alpha value is -2.24. The highest BCUT2D eigenvalue weighted by Crippen LogP contribution is 2.23. The van der Waals surface area contributed by atoms with Gasteiger partial charge in [0, 0.05) is 51.7 Å². The van der Waals surface area contributed by atoms with Gasteiger partial charge in [-0.05, 0) is 24.1 Å². The molecule has 0 aliphatic carbocycles. The summed E-state index contributed by atoms with van der Waals surface area (Å²) < 4.78 is 5.48. The Balaban J connectivity index is 1.61. The largest absolute Gasteiger partial charge is 0.367 e. The normalized spacial score (nSPS) is 17.9. The van der Waals surface area contributed by atoms with Crippen molar-refractivity contribution in [3.05, 3.63) is 66.0 Å². The van der Waals surface area contributed by atoms with Gasteiger partial charge >= 0.3 is 0 Å². The van der Waals surface area contributed by atoms with E-state index >= 15 is 0 Å². The molecule has 0 N–H and O–H groups in total. The van der Waals surface area contributed by atoms with E-state index in [9.17, 15) is 4.79 Å². The second kappa shape index (κ2) is 8.23. The van der Waals surface area contributed by atoms with Gasteiger partial charge < -0.3 is 9.64 Å². The molecule has 1 aromatic heterocycles. The molecule has 25 heavy (non-hydrogen) atoms. The number of aromatic nitrogens is 1. The fraction of sp³-hybridized carbons (Fsp3) is 0.400. The second-order valence-corrected chi connectivity index (χ2v) is 6.35. The molecule has 132 valence electrons. The minimum Gasteiger partial charge on any atom is -0.367 e. The molecule has 2 aromatic rings. The number of nitrogens with zero attached hydrogens (tertiary/aromatic N) is 3. The zero-order chi connectivity index (χ0) is 17.6. The second-order valence-electron chi connectivity index (χ2n) is 6.35. The number of amides is 1. The molecule has 0 spiro atoms. The van der Waals surface area contributed by atoms with Crippen molar-refractivity contribution in [1.82, 2.24) is 14.8 Å². The summed E-state index contributed by atoms with van der Waals surface area (Å²) in [7, 11) is 1.59. The number of pyridine rings is 1. The SMILES string of the molecule is CO[C@@H](C(=O)N1CCN([C@@H](C)c2cccnc2)CC1)c1ccccc1. The first kappa shape index (κ1) is 17.6. The summed E-state index contributed by atoms with van der Waals surface area (Å²) in [4.78, 5) is 21.4. The lowest BCUT2D eigenvalue weighted by atomic mass is 10.1. The third kappa shape index (κ3) is 4.06. The van der Waals surface area contributed by atoms with Crippen LogP contribution in [0.25, 0.3) is 0 Å². The van der Waals surface area contributed by atoms with Crippen molar-refractivity contribution in [1.29, 1.82) is 0 Å². The van der Waals surface area contributed by atoms with Crippen molar-refractivity contribution in [3.8, 4) is 0 Å². The van der Waals surface area contributed by atoms with Crippen LogP contribution in [0.2, 0.25) is 0 Å². The van der Waals surface area contributed by atoms with Crippen LogP contribution < -0.4 is 0 Å². The van der Waals surface area contributed by atoms with E-state index in [-0.39, 0.29) is 5.91 Å². The molecule has 1 amide bonds. The van der Waals surface area contributed by atoms with Gasteiger partial charge in [-0.15, -0.1) is 0 Å². The molecule has 0 radical (unpaired) electrons. The molecule has 1 aromatic carbocycles. The fourth-order valence-electron chi connectivity index (χ4n) is 3.34. The maximum Gasteiger partial charge on any atom is 0.256 e. The molecule has 0 saturated carbocycles. The molecule has 0 bridgehead atoms. The number of carbonyl (C=O) groups excluding carboxylic acids is 1. The van der Waals surface area contributed by atoms with Crippen molar-refractivity contribution < 1.29 is 9.53 Å². The van der Waals surface area contributed by atoms with E-state index in [1.165, 1.54) is 5.56 Å². The third-order valence-electron chi connectivity index (χ3n) is 4.90. The van der Waals surface area contributed by atoms with Gasteiger partial charge in [-0.3, -0.25) is 14.7 Å². The quantitative estimate of drug-likeness (QED) is 0.840. The van der Waals surface area contributed by atoms with Crippen LogP contribution in [0.3, 0.4) is 0 Å². The van der Waals surface area contributed by atoms with Gasteiger partial charge in [-0.2, -0.15) is 0 Å². The average Bonchev–Trinajstić information content (AvgIpc) is 2.69. The summed E-state index contributed by atoms with van der Waals surface area (Å²) >= 11 is 0. The van der Waals surface area contributed by atoms with E-state index in [4.69, 9.17) is 4.74 Å². The number of hydrogen-bond donors (Lipinski definition) is 0. The van der Waals surface area contributed by atoms with E-state index < -0.39 is 6.10 Å². The monoisotopic (exact) mass is 339 g/mol. The molecule has 2 atom stereocenters. The van der Waals surface area contributed by atoms with Crippen molar-refractivity contribution >= 4 is 5.91 Å². The van der Waals surface area contributed by atoms with E-state index in [0.29, 0.717) is 6.04 Å². The lowest BCUT2D eigenvalue weighted by Crippen LogP contribution is -2.50. The third-order valence-corrected chi connectivity index (χ3v) is 4.90. The fourth-order valence-corrected chi connectivity index (χ4v) is 3.34. The first-order valence-electron chi connectivity index (χ1n) is 8.71. The van der Waals surface area contributed by atoms with Gasteiger partial charge in [0.05, 0.1) is 0 Å². The molecule has 5 heteroatoms. The van der Waals surface area contributed by atoms with E-state index in [1.807, 2.05) is 47.5 Å². The number of carbonyl (C=O) groups is 1. The summed E-state index contributed by atoms with van der Waals surface area (Å²) in [6.07, 6.45) is 3.18. The number of rotatable bonds is 5. The minimum absolute atomic E-state index is 0.0439. The van der Waals surface area contributed by atoms with E-state index in [0.717, 1.165) is 31.7 Å². The Kier molecular flexibility index (Phi) is 5.79. The summed E-state index contributed by atoms with van der Waals surface area (Å²) in [5, 5.41) is 0. The predicted octanol–water partition coefficient (Wildman–Crippen LogP) is 2.67. The van der Waals surface area contributed by atoms with Crippen LogP contribution in [0, 0.1) is 0 Å². The average molecular weight is 339 g/mol. The minimum atomic E-state index is -0.525. The van der Waals surface area contributed by atoms with E-state index in [1.54, 1.807) is 13.3 Å². The molecule has 3 rings (SSSR count). The van der Waals surface area contributed by atoms with Crippen LogP contribution in [-0.4, -0.2) is 54.0 Å². The smallest absolute Gasteiger partial charge is 0.256 e. The molecular weight excluding hydrogens is 314 g/mol. The topological polar surface area (TPSA) is 45.7 Å². The molecule has 1 aliphatic heterocycles. The highest BCUT2D eigenvalue weighted by Gasteiger charge is 2.30. The van der Waals surface area contributed by atoms with Crippen LogP contribution in [0.15, 0.2) is 54.9 Å². The molecule has 2 heterocycles. The van der Waals surface area contributed by atoms with Gasteiger partial charge in [-0.1, -0.05) is 36.4 Å². The zero-order valence-corrected chi connectivity index (χ0v) is 14.8. The number of methoxy groups -OCH3 is 1. The molecule has 5 nitrogen and oxygen atoms in total. The van der Waals surface area contributed by atoms with Gasteiger partial charge in [-0.25, -0.2) is 0 Å². The number of piperazine rings is 1. The first-order chi connectivity index (χ1) is 12.2. The van der Waals surface area contributed by atoms with Gasteiger partial charge in [0.15, 0.2) is 6.10 Å². The van der Waals surface area contributed by atoms with Crippen LogP contribution in [0.4, 0.5) is 0 Å². The molecule has 0 unspecified atom stereocenters. The van der Waals surface area contributed by atoms with Crippen LogP contribution in [-0.2, 0) is 9.53 Å². The number of ether oxygens (including phenoxy) is 1. The zero-order valence-electron chi connectivity index (χ0n) is 14.8. The van der Waals surface area contributed by atoms with Gasteiger partial charge in [0.25, 0.3) is 5.91 Å². The molecular formula is C20H25N3O2. The molecule has 1 aliphatic rings. The standard InChI is InChI=1S/C20H25N3O2/c1-16(18-9-6-10-21-15-18)22-11-13-23(14-12-22)20(24)19(25-2)17-7-4-3-5-8-17/h3-10,15-16,19H,11-14H2,1-2H3/t16-,19+/m0/s1. The van der Waals surface area contributed by atoms with Gasteiger partial charge in [0.2, 0.25) is 0 Å². The van der Waals surface area contributed by atoms with Crippen LogP contribution in [0.5, 0.6) is 0 Å². The predicted molar refractivity (Wildman–Crippen MR) is 97.0 cm³/mol. The summed E-state index contributed by atoms with van der Waals surface area (Å²) in [5.74, 6) is 0.0439. The highest BCUT2D eigenvalue weighted by molar-refractivity contribution is 5.82. The van der Waals surface area contributed by atoms with Crippen molar-refractivity contribution in [3.63, 3.8) is 0 Å². The molecule has 1 saturated heterocycles. The molecule has 1 fully saturated rings. The lowest BCUT2D eigenvalue weighted by Gasteiger charge is -2.39. The Labute approximate surface area is 149 Å². The Bertz CT molecular complexity index is 670. The van der Waals surface area contributed by atoms with Crippen LogP contribution in [0.1, 0.15) is 30.2 Å². The maximum atomic E-state index is 12.8. The summed E-state index contributed by atoms with van der Waals surface area (Å²) in [6.45, 7) is 5.34. The highest BCUT2D eigenvalue weighted by atomic mass is 16.5. The Morgan fingerprint density at radius 3 is 2.32 bits per heavy atom. The Morgan fingerprint density at radius 2 is 1.72 bits per heavy atom. The lowest BCUT2D eigenvalue weighted by molar-refractivity contribution is -0.144. The summed E-state index contributed by atoms with van der Waals surface area (Å²) in [6, 6.07) is 14.1. The van der Waals surface area contributed by atoms with Crippen molar-refractivity contribution in [2.45, 2.75) is 19.1 Å². The Morgan fingerprint density at radius 1 is 1.04 bits per heavy atom. The van der Waals surface area contributed by atoms with Crippen LogP contribution >= 0.6 is 0 Å². The van der Waals surface area contributed by atoms with E-state index in [2.05, 4.69) is 22.9 Å². The van der Waals surface area contributed by atoms with Crippen molar-refractivity contribution in [2.24, 2.45) is 0 Å². The first-order valence-corrected chi connectivity index (χ1v) is 8.71. The van der Waals surface area contributed by atoms with Crippen molar-refractivity contribution in [2.75, 3.05) is 33.3 Å². The number of benzene rings is 1. The summed E-state index contributed by atoms with van der Waals surface area (Å²) in [5.41, 5.74) is 2.11. The number of hydrogen-bond acceptors (Lipinski definition) is 4. The van der Waals surface area contributed by atoms with Gasteiger partial charge in [0.1, 0.15) is 0 Å².